The van der Waals surface area contributed by atoms with Crippen LogP contribution in [0.2, 0.25) is 0 Å². The summed E-state index contributed by atoms with van der Waals surface area (Å²) in [5.41, 5.74) is 1.09. The number of rotatable bonds is 3. The second-order valence-corrected chi connectivity index (χ2v) is 2.98. The summed E-state index contributed by atoms with van der Waals surface area (Å²) in [5.74, 6) is 1.31. The van der Waals surface area contributed by atoms with Crippen LogP contribution in [-0.2, 0) is 0 Å². The van der Waals surface area contributed by atoms with E-state index in [-0.39, 0.29) is 0 Å². The van der Waals surface area contributed by atoms with E-state index in [4.69, 9.17) is 4.42 Å². The molecule has 0 aromatic carbocycles. The number of nitrogens with zero attached hydrogens (tertiary/aromatic N) is 1. The molecule has 1 aromatic rings. The Kier molecular flexibility index (Phi) is 2.69. The molecule has 0 fully saturated rings. The van der Waals surface area contributed by atoms with Gasteiger partial charge in [-0.05, 0) is 6.42 Å². The highest BCUT2D eigenvalue weighted by Gasteiger charge is 2.07. The minimum absolute atomic E-state index is 0.539. The van der Waals surface area contributed by atoms with Gasteiger partial charge in [0, 0.05) is 12.8 Å². The summed E-state index contributed by atoms with van der Waals surface area (Å²) in [6, 6.07) is 0. The zero-order chi connectivity index (χ0) is 8.27. The van der Waals surface area contributed by atoms with Crippen molar-refractivity contribution in [1.29, 1.82) is 0 Å². The molecule has 0 radical (unpaired) electrons. The van der Waals surface area contributed by atoms with Gasteiger partial charge in [0.25, 0.3) is 0 Å². The van der Waals surface area contributed by atoms with Crippen LogP contribution in [0.1, 0.15) is 44.2 Å². The van der Waals surface area contributed by atoms with E-state index in [2.05, 4.69) is 18.8 Å². The second-order valence-electron chi connectivity index (χ2n) is 2.98. The summed E-state index contributed by atoms with van der Waals surface area (Å²) in [6.45, 7) is 6.24. The molecule has 1 heterocycles. The van der Waals surface area contributed by atoms with Gasteiger partial charge in [-0.25, -0.2) is 4.98 Å². The van der Waals surface area contributed by atoms with Crippen molar-refractivity contribution in [3.63, 3.8) is 0 Å². The fraction of sp³-hybridized carbons (Fsp3) is 0.667. The average Bonchev–Trinajstić information content (AvgIpc) is 2.36. The lowest BCUT2D eigenvalue weighted by Gasteiger charge is -2.03. The van der Waals surface area contributed by atoms with Crippen molar-refractivity contribution in [2.24, 2.45) is 0 Å². The van der Waals surface area contributed by atoms with Crippen molar-refractivity contribution >= 4 is 0 Å². The summed E-state index contributed by atoms with van der Waals surface area (Å²) < 4.78 is 5.12. The topological polar surface area (TPSA) is 26.0 Å². The Labute approximate surface area is 67.6 Å². The van der Waals surface area contributed by atoms with Gasteiger partial charge >= 0.3 is 0 Å². The first kappa shape index (κ1) is 8.31. The Balaban J connectivity index is 2.60. The summed E-state index contributed by atoms with van der Waals surface area (Å²) in [7, 11) is 0. The Hall–Kier alpha value is -0.790. The number of hydrogen-bond donors (Lipinski definition) is 0. The van der Waals surface area contributed by atoms with Crippen LogP contribution in [0.4, 0.5) is 0 Å². The predicted octanol–water partition coefficient (Wildman–Crippen LogP) is 2.89. The van der Waals surface area contributed by atoms with E-state index < -0.39 is 0 Å². The van der Waals surface area contributed by atoms with Gasteiger partial charge in [0.05, 0.1) is 5.69 Å². The molecule has 0 N–H and O–H groups in total. The van der Waals surface area contributed by atoms with E-state index >= 15 is 0 Å². The normalized spacial score (nSPS) is 13.4. The smallest absolute Gasteiger partial charge is 0.191 e. The maximum Gasteiger partial charge on any atom is 0.191 e. The molecule has 1 aromatic heterocycles. The Morgan fingerprint density at radius 2 is 2.36 bits per heavy atom. The van der Waals surface area contributed by atoms with Crippen molar-refractivity contribution in [2.45, 2.75) is 39.5 Å². The third-order valence-corrected chi connectivity index (χ3v) is 1.86. The molecule has 0 aliphatic heterocycles. The molecule has 0 spiro atoms. The first-order valence-corrected chi connectivity index (χ1v) is 4.16. The largest absolute Gasteiger partial charge is 0.449 e. The summed E-state index contributed by atoms with van der Waals surface area (Å²) >= 11 is 0. The Morgan fingerprint density at radius 3 is 2.82 bits per heavy atom. The van der Waals surface area contributed by atoms with Gasteiger partial charge in [-0.1, -0.05) is 20.3 Å². The molecule has 2 nitrogen and oxygen atoms in total. The molecule has 2 heteroatoms. The van der Waals surface area contributed by atoms with Gasteiger partial charge in [-0.15, -0.1) is 0 Å². The van der Waals surface area contributed by atoms with Gasteiger partial charge in [-0.2, -0.15) is 0 Å². The molecule has 0 amide bonds. The lowest BCUT2D eigenvalue weighted by molar-refractivity contribution is 0.519. The van der Waals surface area contributed by atoms with Gasteiger partial charge in [0.1, 0.15) is 6.26 Å². The third kappa shape index (κ3) is 2.07. The summed E-state index contributed by atoms with van der Waals surface area (Å²) in [6.07, 6.45) is 4.15. The highest BCUT2D eigenvalue weighted by molar-refractivity contribution is 5.01. The highest BCUT2D eigenvalue weighted by Crippen LogP contribution is 2.18. The quantitative estimate of drug-likeness (QED) is 0.667. The predicted molar refractivity (Wildman–Crippen MR) is 44.6 cm³/mol. The fourth-order valence-electron chi connectivity index (χ4n) is 1.19. The van der Waals surface area contributed by atoms with Gasteiger partial charge in [-0.3, -0.25) is 0 Å². The summed E-state index contributed by atoms with van der Waals surface area (Å²) in [4.78, 5) is 4.26. The maximum absolute atomic E-state index is 5.12. The van der Waals surface area contributed by atoms with Crippen LogP contribution in [0, 0.1) is 6.92 Å². The molecule has 62 valence electrons. The van der Waals surface area contributed by atoms with E-state index in [1.54, 1.807) is 6.26 Å². The molecule has 0 saturated heterocycles. The van der Waals surface area contributed by atoms with E-state index in [1.165, 1.54) is 12.8 Å². The number of hydrogen-bond acceptors (Lipinski definition) is 2. The van der Waals surface area contributed by atoms with Crippen molar-refractivity contribution in [3.05, 3.63) is 17.8 Å². The van der Waals surface area contributed by atoms with Crippen molar-refractivity contribution in [3.8, 4) is 0 Å². The van der Waals surface area contributed by atoms with E-state index in [0.717, 1.165) is 11.6 Å². The minimum atomic E-state index is 0.539. The minimum Gasteiger partial charge on any atom is -0.449 e. The van der Waals surface area contributed by atoms with Crippen molar-refractivity contribution in [2.75, 3.05) is 0 Å². The van der Waals surface area contributed by atoms with Gasteiger partial charge < -0.3 is 4.42 Å². The molecule has 0 aliphatic rings. The molecule has 11 heavy (non-hydrogen) atoms. The lowest BCUT2D eigenvalue weighted by atomic mass is 10.0. The molecule has 1 unspecified atom stereocenters. The van der Waals surface area contributed by atoms with Crippen LogP contribution in [0.3, 0.4) is 0 Å². The molecular formula is C9H15NO. The third-order valence-electron chi connectivity index (χ3n) is 1.86. The molecule has 0 aliphatic carbocycles. The number of aromatic nitrogens is 1. The standard InChI is InChI=1S/C9H15NO/c1-4-5-7(2)9-6-11-8(3)10-9/h6-7H,4-5H2,1-3H3. The SMILES string of the molecule is CCCC(C)c1coc(C)n1. The molecule has 1 atom stereocenters. The monoisotopic (exact) mass is 153 g/mol. The first-order valence-electron chi connectivity index (χ1n) is 4.16. The van der Waals surface area contributed by atoms with Crippen molar-refractivity contribution in [1.82, 2.24) is 4.98 Å². The van der Waals surface area contributed by atoms with Crippen LogP contribution in [-0.4, -0.2) is 4.98 Å². The average molecular weight is 153 g/mol. The Bertz CT molecular complexity index is 217. The Morgan fingerprint density at radius 1 is 1.64 bits per heavy atom. The van der Waals surface area contributed by atoms with Crippen LogP contribution < -0.4 is 0 Å². The fourth-order valence-corrected chi connectivity index (χ4v) is 1.19. The zero-order valence-corrected chi connectivity index (χ0v) is 7.42. The second kappa shape index (κ2) is 3.56. The van der Waals surface area contributed by atoms with Crippen LogP contribution in [0.5, 0.6) is 0 Å². The number of aryl methyl sites for hydroxylation is 1. The molecule has 1 rings (SSSR count). The van der Waals surface area contributed by atoms with E-state index in [1.807, 2.05) is 6.92 Å². The molecular weight excluding hydrogens is 138 g/mol. The highest BCUT2D eigenvalue weighted by atomic mass is 16.3. The van der Waals surface area contributed by atoms with Crippen molar-refractivity contribution < 1.29 is 4.42 Å². The van der Waals surface area contributed by atoms with Crippen LogP contribution in [0.15, 0.2) is 10.7 Å². The summed E-state index contributed by atoms with van der Waals surface area (Å²) in [5, 5.41) is 0. The van der Waals surface area contributed by atoms with Crippen LogP contribution in [0.25, 0.3) is 0 Å². The van der Waals surface area contributed by atoms with Gasteiger partial charge in [0.15, 0.2) is 5.89 Å². The first-order chi connectivity index (χ1) is 5.24. The maximum atomic E-state index is 5.12. The molecule has 0 saturated carbocycles. The lowest BCUT2D eigenvalue weighted by Crippen LogP contribution is -1.92. The number of oxazole rings is 1. The van der Waals surface area contributed by atoms with E-state index in [0.29, 0.717) is 5.92 Å². The molecule has 0 bridgehead atoms. The zero-order valence-electron chi connectivity index (χ0n) is 7.42. The van der Waals surface area contributed by atoms with Gasteiger partial charge in [0.2, 0.25) is 0 Å². The van der Waals surface area contributed by atoms with E-state index in [9.17, 15) is 0 Å². The van der Waals surface area contributed by atoms with Crippen LogP contribution >= 0.6 is 0 Å².